The largest absolute Gasteiger partial charge is 0.289 e. The van der Waals surface area contributed by atoms with E-state index in [2.05, 4.69) is 12.5 Å². The van der Waals surface area contributed by atoms with E-state index < -0.39 is 0 Å². The Bertz CT molecular complexity index is 149. The smallest absolute Gasteiger partial charge is 0.250 e. The molecule has 1 rings (SSSR count). The van der Waals surface area contributed by atoms with Crippen molar-refractivity contribution < 1.29 is 13.8 Å². The molecular weight excluding hydrogens is 142 g/mol. The van der Waals surface area contributed by atoms with Gasteiger partial charge in [0.1, 0.15) is 0 Å². The van der Waals surface area contributed by atoms with Gasteiger partial charge in [-0.3, -0.25) is 14.9 Å². The highest BCUT2D eigenvalue weighted by Gasteiger charge is 2.06. The monoisotopic (exact) mass is 145 g/mol. The molecule has 9 heavy (non-hydrogen) atoms. The predicted molar refractivity (Wildman–Crippen MR) is 30.4 cm³/mol. The Balaban J connectivity index is 0.000000291. The summed E-state index contributed by atoms with van der Waals surface area (Å²) in [5.41, 5.74) is 0. The van der Waals surface area contributed by atoms with Gasteiger partial charge in [-0.15, -0.1) is 0 Å². The van der Waals surface area contributed by atoms with Crippen molar-refractivity contribution in [3.8, 4) is 0 Å². The van der Waals surface area contributed by atoms with Gasteiger partial charge < -0.3 is 0 Å². The van der Waals surface area contributed by atoms with Crippen LogP contribution in [-0.2, 0) is 22.1 Å². The van der Waals surface area contributed by atoms with Crippen LogP contribution in [0.3, 0.4) is 0 Å². The Morgan fingerprint density at radius 2 is 1.44 bits per heavy atom. The molecule has 0 atom stereocenters. The van der Waals surface area contributed by atoms with Crippen LogP contribution in [0.25, 0.3) is 0 Å². The second-order valence-corrected chi connectivity index (χ2v) is 1.19. The van der Waals surface area contributed by atoms with E-state index in [1.807, 2.05) is 5.32 Å². The molecule has 1 N–H and O–H groups in total. The fourth-order valence-electron chi connectivity index (χ4n) is 0.356. The first-order valence-electron chi connectivity index (χ1n) is 1.99. The van der Waals surface area contributed by atoms with Gasteiger partial charge in [-0.25, -0.2) is 0 Å². The van der Waals surface area contributed by atoms with Crippen molar-refractivity contribution in [2.45, 2.75) is 0 Å². The van der Waals surface area contributed by atoms with Gasteiger partial charge in [-0.2, -0.15) is 4.21 Å². The number of amides is 2. The predicted octanol–water partition coefficient (Wildman–Crippen LogP) is -1.14. The summed E-state index contributed by atoms with van der Waals surface area (Å²) in [4.78, 5) is 20.1. The molecule has 0 aromatic carbocycles. The normalized spacial score (nSPS) is 14.2. The third-order valence-electron chi connectivity index (χ3n) is 0.632. The van der Waals surface area contributed by atoms with Crippen LogP contribution in [0, 0.1) is 0 Å². The Morgan fingerprint density at radius 1 is 1.11 bits per heavy atom. The van der Waals surface area contributed by atoms with Crippen molar-refractivity contribution in [2.24, 2.45) is 0 Å². The van der Waals surface area contributed by atoms with Crippen molar-refractivity contribution in [1.29, 1.82) is 0 Å². The van der Waals surface area contributed by atoms with Crippen LogP contribution in [0.2, 0.25) is 0 Å². The summed E-state index contributed by atoms with van der Waals surface area (Å²) in [5, 5.41) is 2.03. The van der Waals surface area contributed by atoms with E-state index in [9.17, 15) is 9.59 Å². The fourth-order valence-corrected chi connectivity index (χ4v) is 0.356. The lowest BCUT2D eigenvalue weighted by molar-refractivity contribution is -0.123. The first-order valence-corrected chi connectivity index (χ1v) is 2.32. The summed E-state index contributed by atoms with van der Waals surface area (Å²) in [6, 6.07) is 0. The molecule has 1 aliphatic rings. The Labute approximate surface area is 56.5 Å². The number of imide groups is 1. The van der Waals surface area contributed by atoms with Gasteiger partial charge in [0.2, 0.25) is 0 Å². The van der Waals surface area contributed by atoms with Crippen LogP contribution < -0.4 is 5.32 Å². The number of rotatable bonds is 0. The number of hydrogen-bond acceptors (Lipinski definition) is 4. The molecule has 0 saturated carbocycles. The molecular formula is C4H3NO3S. The zero-order valence-electron chi connectivity index (χ0n) is 4.29. The van der Waals surface area contributed by atoms with E-state index in [1.54, 1.807) is 0 Å². The van der Waals surface area contributed by atoms with Gasteiger partial charge in [0, 0.05) is 12.2 Å². The molecule has 0 spiro atoms. The molecule has 0 fully saturated rings. The lowest BCUT2D eigenvalue weighted by Crippen LogP contribution is -2.19. The summed E-state index contributed by atoms with van der Waals surface area (Å²) in [5.74, 6) is -0.657. The molecule has 1 heterocycles. The van der Waals surface area contributed by atoms with Crippen molar-refractivity contribution in [2.75, 3.05) is 0 Å². The molecule has 0 aromatic heterocycles. The maximum absolute atomic E-state index is 10.0. The van der Waals surface area contributed by atoms with E-state index in [4.69, 9.17) is 4.21 Å². The van der Waals surface area contributed by atoms with Crippen molar-refractivity contribution in [1.82, 2.24) is 5.32 Å². The van der Waals surface area contributed by atoms with E-state index in [0.717, 1.165) is 0 Å². The molecule has 0 unspecified atom stereocenters. The third-order valence-corrected chi connectivity index (χ3v) is 0.632. The molecule has 4 nitrogen and oxygen atoms in total. The van der Waals surface area contributed by atoms with Crippen molar-refractivity contribution in [3.05, 3.63) is 12.2 Å². The highest BCUT2D eigenvalue weighted by molar-refractivity contribution is 7.44. The summed E-state index contributed by atoms with van der Waals surface area (Å²) in [6.07, 6.45) is 2.39. The summed E-state index contributed by atoms with van der Waals surface area (Å²) in [7, 11) is 0. The molecule has 0 aromatic rings. The maximum Gasteiger partial charge on any atom is 0.250 e. The fraction of sp³-hybridized carbons (Fsp3) is 0. The molecule has 1 aliphatic heterocycles. The summed E-state index contributed by atoms with van der Waals surface area (Å²) in [6.45, 7) is 0. The number of hydrogen-bond donors (Lipinski definition) is 1. The molecule has 0 saturated heterocycles. The van der Waals surface area contributed by atoms with Crippen molar-refractivity contribution in [3.63, 3.8) is 0 Å². The summed E-state index contributed by atoms with van der Waals surface area (Å²) >= 11 is 2.83. The van der Waals surface area contributed by atoms with E-state index in [1.165, 1.54) is 12.2 Å². The minimum absolute atomic E-state index is 0.329. The SMILES string of the molecule is O=C1C=CC(=O)N1.O=S. The highest BCUT2D eigenvalue weighted by Crippen LogP contribution is 1.82. The second-order valence-electron chi connectivity index (χ2n) is 1.19. The van der Waals surface area contributed by atoms with Gasteiger partial charge in [0.15, 0.2) is 12.5 Å². The van der Waals surface area contributed by atoms with E-state index >= 15 is 0 Å². The highest BCUT2D eigenvalue weighted by atomic mass is 32.1. The molecule has 48 valence electrons. The zero-order valence-corrected chi connectivity index (χ0v) is 5.10. The van der Waals surface area contributed by atoms with Crippen LogP contribution in [-0.4, -0.2) is 16.0 Å². The number of carbonyl (C=O) groups is 2. The Hall–Kier alpha value is -1.10. The molecule has 5 heteroatoms. The van der Waals surface area contributed by atoms with Crippen LogP contribution in [0.5, 0.6) is 0 Å². The third kappa shape index (κ3) is 2.65. The zero-order chi connectivity index (χ0) is 7.28. The van der Waals surface area contributed by atoms with Crippen LogP contribution >= 0.6 is 0 Å². The van der Waals surface area contributed by atoms with Gasteiger partial charge in [-0.1, -0.05) is 0 Å². The quantitative estimate of drug-likeness (QED) is 0.438. The van der Waals surface area contributed by atoms with Gasteiger partial charge in [0.05, 0.1) is 0 Å². The van der Waals surface area contributed by atoms with Gasteiger partial charge >= 0.3 is 0 Å². The van der Waals surface area contributed by atoms with Crippen LogP contribution in [0.15, 0.2) is 12.2 Å². The van der Waals surface area contributed by atoms with Crippen molar-refractivity contribution >= 4 is 24.3 Å². The number of nitrogens with one attached hydrogen (secondary N) is 1. The van der Waals surface area contributed by atoms with Gasteiger partial charge in [0.25, 0.3) is 11.8 Å². The molecule has 0 aliphatic carbocycles. The maximum atomic E-state index is 10.0. The first kappa shape index (κ1) is 7.90. The lowest BCUT2D eigenvalue weighted by atomic mass is 10.6. The first-order chi connectivity index (χ1) is 4.29. The average molecular weight is 145 g/mol. The van der Waals surface area contributed by atoms with Gasteiger partial charge in [-0.05, 0) is 0 Å². The lowest BCUT2D eigenvalue weighted by Gasteiger charge is -1.80. The van der Waals surface area contributed by atoms with E-state index in [0.29, 0.717) is 0 Å². The van der Waals surface area contributed by atoms with E-state index in [-0.39, 0.29) is 11.8 Å². The van der Waals surface area contributed by atoms with Crippen LogP contribution in [0.1, 0.15) is 0 Å². The topological polar surface area (TPSA) is 63.2 Å². The number of carbonyl (C=O) groups excluding carboxylic acids is 2. The van der Waals surface area contributed by atoms with Crippen LogP contribution in [0.4, 0.5) is 0 Å². The Kier molecular flexibility index (Phi) is 3.38. The Morgan fingerprint density at radius 3 is 1.56 bits per heavy atom. The average Bonchev–Trinajstić information content (AvgIpc) is 2.20. The molecule has 0 bridgehead atoms. The standard InChI is InChI=1S/C4H3NO2.OS/c6-3-1-2-4(7)5-3;1-2/h1-2H,(H,5,6,7);. The second kappa shape index (κ2) is 3.85. The minimum atomic E-state index is -0.329. The molecule has 2 amide bonds. The minimum Gasteiger partial charge on any atom is -0.289 e. The summed E-state index contributed by atoms with van der Waals surface area (Å²) < 4.78 is 7.83. The molecule has 0 radical (unpaired) electrons.